The van der Waals surface area contributed by atoms with E-state index in [9.17, 15) is 5.11 Å². The Morgan fingerprint density at radius 1 is 1.35 bits per heavy atom. The fraction of sp³-hybridized carbons (Fsp3) is 1.00. The lowest BCUT2D eigenvalue weighted by Crippen LogP contribution is -2.62. The average molecular weight is 283 g/mol. The van der Waals surface area contributed by atoms with Crippen LogP contribution in [0.3, 0.4) is 0 Å². The number of aliphatic hydroxyl groups is 1. The summed E-state index contributed by atoms with van der Waals surface area (Å²) >= 11 is 0. The molecule has 2 aliphatic heterocycles. The molecule has 0 aromatic rings. The van der Waals surface area contributed by atoms with Gasteiger partial charge in [0.15, 0.2) is 0 Å². The Balaban J connectivity index is 1.44. The molecule has 0 amide bonds. The SMILES string of the molecule is CCOC1CC(O)C12CCN(CCC1CCCO1)CC2. The molecule has 2 saturated heterocycles. The molecule has 20 heavy (non-hydrogen) atoms. The van der Waals surface area contributed by atoms with Gasteiger partial charge in [-0.2, -0.15) is 0 Å². The van der Waals surface area contributed by atoms with Crippen molar-refractivity contribution in [3.63, 3.8) is 0 Å². The molecule has 3 atom stereocenters. The van der Waals surface area contributed by atoms with Crippen LogP contribution < -0.4 is 0 Å². The van der Waals surface area contributed by atoms with Crippen molar-refractivity contribution < 1.29 is 14.6 Å². The molecule has 0 aromatic carbocycles. The Morgan fingerprint density at radius 3 is 2.75 bits per heavy atom. The molecule has 1 spiro atoms. The number of aliphatic hydroxyl groups excluding tert-OH is 1. The van der Waals surface area contributed by atoms with Gasteiger partial charge in [-0.25, -0.2) is 0 Å². The quantitative estimate of drug-likeness (QED) is 0.835. The molecule has 1 N–H and O–H groups in total. The van der Waals surface area contributed by atoms with Gasteiger partial charge in [0.05, 0.1) is 18.3 Å². The number of piperidine rings is 1. The minimum Gasteiger partial charge on any atom is -0.392 e. The van der Waals surface area contributed by atoms with E-state index in [1.807, 2.05) is 0 Å². The molecule has 1 aliphatic carbocycles. The zero-order valence-electron chi connectivity index (χ0n) is 12.7. The number of nitrogens with zero attached hydrogens (tertiary/aromatic N) is 1. The van der Waals surface area contributed by atoms with E-state index in [1.54, 1.807) is 0 Å². The number of rotatable bonds is 5. The maximum absolute atomic E-state index is 10.2. The first-order chi connectivity index (χ1) is 9.74. The zero-order valence-corrected chi connectivity index (χ0v) is 12.7. The lowest BCUT2D eigenvalue weighted by Gasteiger charge is -2.56. The Morgan fingerprint density at radius 2 is 2.15 bits per heavy atom. The Kier molecular flexibility index (Phi) is 4.65. The summed E-state index contributed by atoms with van der Waals surface area (Å²) in [5.74, 6) is 0. The summed E-state index contributed by atoms with van der Waals surface area (Å²) in [6.45, 7) is 7.13. The van der Waals surface area contributed by atoms with Gasteiger partial charge in [-0.3, -0.25) is 0 Å². The molecule has 1 saturated carbocycles. The minimum absolute atomic E-state index is 0.0658. The summed E-state index contributed by atoms with van der Waals surface area (Å²) < 4.78 is 11.5. The number of ether oxygens (including phenoxy) is 2. The van der Waals surface area contributed by atoms with E-state index >= 15 is 0 Å². The third-order valence-corrected chi connectivity index (χ3v) is 5.69. The minimum atomic E-state index is -0.139. The fourth-order valence-corrected chi connectivity index (χ4v) is 4.21. The van der Waals surface area contributed by atoms with E-state index in [2.05, 4.69) is 11.8 Å². The summed E-state index contributed by atoms with van der Waals surface area (Å²) in [5.41, 5.74) is 0.0658. The normalized spacial score (nSPS) is 37.2. The third-order valence-electron chi connectivity index (χ3n) is 5.69. The second-order valence-electron chi connectivity index (χ2n) is 6.69. The molecule has 3 unspecified atom stereocenters. The molecule has 0 radical (unpaired) electrons. The molecular weight excluding hydrogens is 254 g/mol. The molecule has 0 aromatic heterocycles. The summed E-state index contributed by atoms with van der Waals surface area (Å²) in [6.07, 6.45) is 7.31. The molecule has 3 fully saturated rings. The van der Waals surface area contributed by atoms with Gasteiger partial charge in [0.2, 0.25) is 0 Å². The lowest BCUT2D eigenvalue weighted by atomic mass is 9.58. The first kappa shape index (κ1) is 14.8. The summed E-state index contributed by atoms with van der Waals surface area (Å²) in [4.78, 5) is 2.54. The van der Waals surface area contributed by atoms with Crippen molar-refractivity contribution in [1.29, 1.82) is 0 Å². The van der Waals surface area contributed by atoms with Crippen molar-refractivity contribution >= 4 is 0 Å². The largest absolute Gasteiger partial charge is 0.392 e. The van der Waals surface area contributed by atoms with Crippen LogP contribution in [-0.2, 0) is 9.47 Å². The van der Waals surface area contributed by atoms with E-state index in [1.165, 1.54) is 19.3 Å². The molecule has 4 heteroatoms. The van der Waals surface area contributed by atoms with Crippen LogP contribution in [0.15, 0.2) is 0 Å². The molecule has 0 bridgehead atoms. The Labute approximate surface area is 122 Å². The Bertz CT molecular complexity index is 307. The van der Waals surface area contributed by atoms with Crippen molar-refractivity contribution in [1.82, 2.24) is 4.90 Å². The van der Waals surface area contributed by atoms with E-state index in [0.29, 0.717) is 12.2 Å². The topological polar surface area (TPSA) is 41.9 Å². The molecular formula is C16H29NO3. The van der Waals surface area contributed by atoms with Crippen LogP contribution >= 0.6 is 0 Å². The van der Waals surface area contributed by atoms with Gasteiger partial charge >= 0.3 is 0 Å². The van der Waals surface area contributed by atoms with Crippen LogP contribution in [0.5, 0.6) is 0 Å². The van der Waals surface area contributed by atoms with Crippen LogP contribution in [0.25, 0.3) is 0 Å². The highest BCUT2D eigenvalue weighted by molar-refractivity contribution is 5.06. The smallest absolute Gasteiger partial charge is 0.0681 e. The molecule has 2 heterocycles. The highest BCUT2D eigenvalue weighted by Gasteiger charge is 2.55. The van der Waals surface area contributed by atoms with Crippen molar-refractivity contribution in [3.8, 4) is 0 Å². The fourth-order valence-electron chi connectivity index (χ4n) is 4.21. The highest BCUT2D eigenvalue weighted by atomic mass is 16.5. The summed E-state index contributed by atoms with van der Waals surface area (Å²) in [7, 11) is 0. The van der Waals surface area contributed by atoms with Gasteiger partial charge < -0.3 is 19.5 Å². The van der Waals surface area contributed by atoms with E-state index in [-0.39, 0.29) is 11.5 Å². The van der Waals surface area contributed by atoms with Gasteiger partial charge in [-0.05, 0) is 52.1 Å². The van der Waals surface area contributed by atoms with E-state index in [4.69, 9.17) is 9.47 Å². The van der Waals surface area contributed by atoms with Crippen molar-refractivity contribution in [2.24, 2.45) is 5.41 Å². The van der Waals surface area contributed by atoms with E-state index < -0.39 is 0 Å². The van der Waals surface area contributed by atoms with Crippen molar-refractivity contribution in [2.45, 2.75) is 63.8 Å². The molecule has 4 nitrogen and oxygen atoms in total. The number of hydrogen-bond donors (Lipinski definition) is 1. The summed E-state index contributed by atoms with van der Waals surface area (Å²) in [5, 5.41) is 10.2. The predicted molar refractivity (Wildman–Crippen MR) is 77.7 cm³/mol. The maximum Gasteiger partial charge on any atom is 0.0681 e. The highest BCUT2D eigenvalue weighted by Crippen LogP contribution is 2.50. The van der Waals surface area contributed by atoms with E-state index in [0.717, 1.165) is 52.1 Å². The van der Waals surface area contributed by atoms with Gasteiger partial charge in [-0.1, -0.05) is 0 Å². The van der Waals surface area contributed by atoms with Crippen LogP contribution in [-0.4, -0.2) is 61.2 Å². The second kappa shape index (κ2) is 6.30. The van der Waals surface area contributed by atoms with Crippen LogP contribution in [0, 0.1) is 5.41 Å². The van der Waals surface area contributed by atoms with Crippen LogP contribution in [0.4, 0.5) is 0 Å². The second-order valence-corrected chi connectivity index (χ2v) is 6.69. The van der Waals surface area contributed by atoms with Crippen molar-refractivity contribution in [3.05, 3.63) is 0 Å². The van der Waals surface area contributed by atoms with Crippen LogP contribution in [0.2, 0.25) is 0 Å². The average Bonchev–Trinajstić information content (AvgIpc) is 2.99. The Hall–Kier alpha value is -0.160. The predicted octanol–water partition coefficient (Wildman–Crippen LogP) is 1.81. The van der Waals surface area contributed by atoms with Gasteiger partial charge in [0.25, 0.3) is 0 Å². The standard InChI is InChI=1S/C16H29NO3/c1-2-19-15-12-14(18)16(15)6-9-17(10-7-16)8-5-13-4-3-11-20-13/h13-15,18H,2-12H2,1H3. The van der Waals surface area contributed by atoms with Gasteiger partial charge in [0, 0.05) is 31.6 Å². The van der Waals surface area contributed by atoms with Gasteiger partial charge in [0.1, 0.15) is 0 Å². The molecule has 116 valence electrons. The molecule has 3 aliphatic rings. The van der Waals surface area contributed by atoms with Gasteiger partial charge in [-0.15, -0.1) is 0 Å². The third kappa shape index (κ3) is 2.76. The summed E-state index contributed by atoms with van der Waals surface area (Å²) in [6, 6.07) is 0. The van der Waals surface area contributed by atoms with Crippen molar-refractivity contribution in [2.75, 3.05) is 32.8 Å². The maximum atomic E-state index is 10.2. The number of likely N-dealkylation sites (tertiary alicyclic amines) is 1. The first-order valence-electron chi connectivity index (χ1n) is 8.38. The lowest BCUT2D eigenvalue weighted by molar-refractivity contribution is -0.209. The molecule has 3 rings (SSSR count). The van der Waals surface area contributed by atoms with Crippen LogP contribution in [0.1, 0.15) is 45.4 Å². The first-order valence-corrected chi connectivity index (χ1v) is 8.38. The number of hydrogen-bond acceptors (Lipinski definition) is 4. The zero-order chi connectivity index (χ0) is 14.0. The monoisotopic (exact) mass is 283 g/mol.